The van der Waals surface area contributed by atoms with Crippen molar-refractivity contribution in [1.82, 2.24) is 5.32 Å². The monoisotopic (exact) mass is 551 g/mol. The van der Waals surface area contributed by atoms with Crippen LogP contribution < -0.4 is 10.1 Å². The zero-order chi connectivity index (χ0) is 28.6. The Morgan fingerprint density at radius 2 is 1.62 bits per heavy atom. The summed E-state index contributed by atoms with van der Waals surface area (Å²) in [5.74, 6) is 0.224. The van der Waals surface area contributed by atoms with Gasteiger partial charge < -0.3 is 34.8 Å². The van der Waals surface area contributed by atoms with Crippen LogP contribution in [0.2, 0.25) is 0 Å². The van der Waals surface area contributed by atoms with Gasteiger partial charge in [0.1, 0.15) is 11.5 Å². The van der Waals surface area contributed by atoms with E-state index >= 15 is 0 Å². The Kier molecular flexibility index (Phi) is 13.6. The van der Waals surface area contributed by atoms with Crippen LogP contribution in [0.5, 0.6) is 11.5 Å². The summed E-state index contributed by atoms with van der Waals surface area (Å²) in [4.78, 5) is 11.2. The molecule has 4 N–H and O–H groups in total. The number of hydrogen-bond acceptors (Lipinski definition) is 8. The molecular formula is C32H41NO7. The van der Waals surface area contributed by atoms with Gasteiger partial charge in [-0.05, 0) is 72.0 Å². The number of phenols is 1. The molecule has 3 rings (SSSR count). The molecule has 0 aliphatic carbocycles. The predicted octanol–water partition coefficient (Wildman–Crippen LogP) is 4.89. The van der Waals surface area contributed by atoms with Gasteiger partial charge in [0.05, 0.1) is 32.5 Å². The number of esters is 1. The van der Waals surface area contributed by atoms with Crippen molar-refractivity contribution in [3.8, 4) is 22.6 Å². The van der Waals surface area contributed by atoms with Crippen molar-refractivity contribution < 1.29 is 34.3 Å². The Morgan fingerprint density at radius 3 is 2.42 bits per heavy atom. The fourth-order valence-corrected chi connectivity index (χ4v) is 4.26. The van der Waals surface area contributed by atoms with E-state index < -0.39 is 6.10 Å². The average Bonchev–Trinajstić information content (AvgIpc) is 2.95. The van der Waals surface area contributed by atoms with Gasteiger partial charge in [-0.1, -0.05) is 49.2 Å². The highest BCUT2D eigenvalue weighted by atomic mass is 16.5. The maximum atomic E-state index is 11.2. The second-order valence-electron chi connectivity index (χ2n) is 9.67. The van der Waals surface area contributed by atoms with Gasteiger partial charge in [0.2, 0.25) is 0 Å². The van der Waals surface area contributed by atoms with Crippen LogP contribution in [0.25, 0.3) is 11.1 Å². The molecule has 8 nitrogen and oxygen atoms in total. The fraction of sp³-hybridized carbons (Fsp3) is 0.406. The summed E-state index contributed by atoms with van der Waals surface area (Å²) in [7, 11) is 0. The molecule has 1 atom stereocenters. The van der Waals surface area contributed by atoms with Gasteiger partial charge in [-0.3, -0.25) is 4.79 Å². The number of carbonyl (C=O) groups excluding carboxylic acids is 1. The van der Waals surface area contributed by atoms with Gasteiger partial charge in [0.15, 0.2) is 0 Å². The first-order valence-electron chi connectivity index (χ1n) is 13.8. The molecule has 0 amide bonds. The highest BCUT2D eigenvalue weighted by Crippen LogP contribution is 2.25. The lowest BCUT2D eigenvalue weighted by atomic mass is 10.0. The molecule has 0 saturated carbocycles. The van der Waals surface area contributed by atoms with Crippen molar-refractivity contribution in [1.29, 1.82) is 0 Å². The smallest absolute Gasteiger partial charge is 0.308 e. The SMILES string of the molecule is CC(=O)Oc1cccc(-c2cccc(COCCOCCCCCCNC[C@H](O)c3ccc(O)c(CO)c3)c2)c1. The second-order valence-corrected chi connectivity index (χ2v) is 9.67. The molecular weight excluding hydrogens is 510 g/mol. The third-order valence-corrected chi connectivity index (χ3v) is 6.39. The Hall–Kier alpha value is -3.27. The van der Waals surface area contributed by atoms with Crippen LogP contribution >= 0.6 is 0 Å². The Labute approximate surface area is 236 Å². The molecule has 0 fully saturated rings. The van der Waals surface area contributed by atoms with Crippen LogP contribution in [0.15, 0.2) is 66.7 Å². The molecule has 0 bridgehead atoms. The zero-order valence-electron chi connectivity index (χ0n) is 23.2. The van der Waals surface area contributed by atoms with Gasteiger partial charge >= 0.3 is 5.97 Å². The summed E-state index contributed by atoms with van der Waals surface area (Å²) in [5, 5.41) is 32.4. The highest BCUT2D eigenvalue weighted by Gasteiger charge is 2.10. The van der Waals surface area contributed by atoms with Crippen molar-refractivity contribution in [2.45, 2.75) is 51.9 Å². The first-order valence-corrected chi connectivity index (χ1v) is 13.8. The van der Waals surface area contributed by atoms with E-state index in [1.54, 1.807) is 18.2 Å². The van der Waals surface area contributed by atoms with Gasteiger partial charge in [0, 0.05) is 25.6 Å². The molecule has 3 aromatic carbocycles. The molecule has 0 unspecified atom stereocenters. The summed E-state index contributed by atoms with van der Waals surface area (Å²) in [6, 6.07) is 20.4. The number of carbonyl (C=O) groups is 1. The first kappa shape index (κ1) is 31.3. The van der Waals surface area contributed by atoms with E-state index in [1.165, 1.54) is 13.0 Å². The average molecular weight is 552 g/mol. The number of benzene rings is 3. The summed E-state index contributed by atoms with van der Waals surface area (Å²) in [6.45, 7) is 4.65. The molecule has 3 aromatic rings. The van der Waals surface area contributed by atoms with Crippen LogP contribution in [0.1, 0.15) is 55.4 Å². The maximum Gasteiger partial charge on any atom is 0.308 e. The number of aromatic hydroxyl groups is 1. The maximum absolute atomic E-state index is 11.2. The number of ether oxygens (including phenoxy) is 3. The Balaban J connectivity index is 1.19. The van der Waals surface area contributed by atoms with Crippen molar-refractivity contribution in [2.24, 2.45) is 0 Å². The lowest BCUT2D eigenvalue weighted by molar-refractivity contribution is -0.131. The minimum atomic E-state index is -0.684. The van der Waals surface area contributed by atoms with Crippen LogP contribution in [0.3, 0.4) is 0 Å². The Morgan fingerprint density at radius 1 is 0.875 bits per heavy atom. The van der Waals surface area contributed by atoms with E-state index in [0.29, 0.717) is 49.8 Å². The molecule has 0 heterocycles. The minimum Gasteiger partial charge on any atom is -0.508 e. The lowest BCUT2D eigenvalue weighted by Gasteiger charge is -2.14. The molecule has 8 heteroatoms. The molecule has 0 radical (unpaired) electrons. The normalized spacial score (nSPS) is 11.9. The van der Waals surface area contributed by atoms with Crippen LogP contribution in [0, 0.1) is 0 Å². The lowest BCUT2D eigenvalue weighted by Crippen LogP contribution is -2.22. The van der Waals surface area contributed by atoms with Crippen LogP contribution in [-0.2, 0) is 27.5 Å². The quantitative estimate of drug-likeness (QED) is 0.100. The summed E-state index contributed by atoms with van der Waals surface area (Å²) in [5.41, 5.74) is 4.16. The van der Waals surface area contributed by atoms with Crippen molar-refractivity contribution >= 4 is 5.97 Å². The highest BCUT2D eigenvalue weighted by molar-refractivity contribution is 5.71. The first-order chi connectivity index (χ1) is 19.5. The van der Waals surface area contributed by atoms with E-state index in [1.807, 2.05) is 36.4 Å². The summed E-state index contributed by atoms with van der Waals surface area (Å²) in [6.07, 6.45) is 3.48. The summed E-state index contributed by atoms with van der Waals surface area (Å²) >= 11 is 0. The molecule has 216 valence electrons. The van der Waals surface area contributed by atoms with Crippen molar-refractivity contribution in [2.75, 3.05) is 32.9 Å². The second kappa shape index (κ2) is 17.4. The van der Waals surface area contributed by atoms with E-state index in [2.05, 4.69) is 11.4 Å². The van der Waals surface area contributed by atoms with E-state index in [9.17, 15) is 20.1 Å². The third kappa shape index (κ3) is 11.1. The predicted molar refractivity (Wildman–Crippen MR) is 154 cm³/mol. The van der Waals surface area contributed by atoms with Crippen molar-refractivity contribution in [3.63, 3.8) is 0 Å². The van der Waals surface area contributed by atoms with Gasteiger partial charge in [-0.15, -0.1) is 0 Å². The van der Waals surface area contributed by atoms with Gasteiger partial charge in [-0.2, -0.15) is 0 Å². The van der Waals surface area contributed by atoms with Gasteiger partial charge in [-0.25, -0.2) is 0 Å². The molecule has 0 aliphatic rings. The zero-order valence-corrected chi connectivity index (χ0v) is 23.2. The van der Waals surface area contributed by atoms with Crippen LogP contribution in [-0.4, -0.2) is 54.2 Å². The van der Waals surface area contributed by atoms with E-state index in [-0.39, 0.29) is 18.3 Å². The van der Waals surface area contributed by atoms with E-state index in [4.69, 9.17) is 14.2 Å². The molecule has 0 aromatic heterocycles. The largest absolute Gasteiger partial charge is 0.508 e. The number of nitrogens with one attached hydrogen (secondary N) is 1. The standard InChI is InChI=1S/C32H41NO7/c1-24(35)40-30-11-7-10-27(20-30)26-9-6-8-25(18-26)23-39-17-16-38-15-5-3-2-4-14-33-21-32(37)28-12-13-31(36)29(19-28)22-34/h6-13,18-20,32-34,36-37H,2-5,14-17,21-23H2,1H3/t32-/m0/s1. The number of rotatable bonds is 18. The number of aliphatic hydroxyl groups is 2. The number of unbranched alkanes of at least 4 members (excludes halogenated alkanes) is 3. The van der Waals surface area contributed by atoms with Crippen LogP contribution in [0.4, 0.5) is 0 Å². The third-order valence-electron chi connectivity index (χ3n) is 6.39. The molecule has 0 spiro atoms. The molecule has 0 saturated heterocycles. The van der Waals surface area contributed by atoms with Crippen molar-refractivity contribution in [3.05, 3.63) is 83.4 Å². The number of aliphatic hydroxyl groups excluding tert-OH is 2. The summed E-state index contributed by atoms with van der Waals surface area (Å²) < 4.78 is 16.7. The molecule has 40 heavy (non-hydrogen) atoms. The molecule has 0 aliphatic heterocycles. The number of hydrogen-bond donors (Lipinski definition) is 4. The fourth-order valence-electron chi connectivity index (χ4n) is 4.26. The Bertz CT molecular complexity index is 1180. The topological polar surface area (TPSA) is 117 Å². The van der Waals surface area contributed by atoms with E-state index in [0.717, 1.165) is 48.9 Å². The van der Waals surface area contributed by atoms with Gasteiger partial charge in [0.25, 0.3) is 0 Å². The minimum absolute atomic E-state index is 0.0341.